The van der Waals surface area contributed by atoms with Crippen LogP contribution in [0.1, 0.15) is 78.9 Å². The van der Waals surface area contributed by atoms with Gasteiger partial charge in [-0.3, -0.25) is 0 Å². The van der Waals surface area contributed by atoms with Gasteiger partial charge in [-0.2, -0.15) is 0 Å². The fourth-order valence-corrected chi connectivity index (χ4v) is 4.17. The maximum atomic E-state index is 9.20. The lowest BCUT2D eigenvalue weighted by Crippen LogP contribution is -2.29. The zero-order valence-electron chi connectivity index (χ0n) is 24.9. The second-order valence-electron chi connectivity index (χ2n) is 11.6. The zero-order chi connectivity index (χ0) is 28.3. The summed E-state index contributed by atoms with van der Waals surface area (Å²) >= 11 is 0. The summed E-state index contributed by atoms with van der Waals surface area (Å²) in [5.41, 5.74) is 3.86. The van der Waals surface area contributed by atoms with Crippen LogP contribution in [-0.4, -0.2) is 64.6 Å². The summed E-state index contributed by atoms with van der Waals surface area (Å²) in [6.45, 7) is 22.4. The summed E-state index contributed by atoms with van der Waals surface area (Å²) < 4.78 is 0. The van der Waals surface area contributed by atoms with E-state index in [1.54, 1.807) is 6.20 Å². The van der Waals surface area contributed by atoms with Crippen LogP contribution >= 0.6 is 0 Å². The number of likely N-dealkylation sites (tertiary alicyclic amines) is 1. The largest absolute Gasteiger partial charge is 0.396 e. The third kappa shape index (κ3) is 10.5. The van der Waals surface area contributed by atoms with Gasteiger partial charge in [0.15, 0.2) is 0 Å². The van der Waals surface area contributed by atoms with E-state index in [2.05, 4.69) is 72.8 Å². The highest BCUT2D eigenvalue weighted by molar-refractivity contribution is 6.04. The molecule has 210 valence electrons. The van der Waals surface area contributed by atoms with E-state index in [4.69, 9.17) is 4.98 Å². The molecule has 3 rings (SSSR count). The molecule has 1 fully saturated rings. The summed E-state index contributed by atoms with van der Waals surface area (Å²) in [5.74, 6) is 3.19. The van der Waals surface area contributed by atoms with E-state index in [0.717, 1.165) is 40.0 Å². The number of piperidine rings is 1. The molecule has 7 heteroatoms. The molecule has 0 bridgehead atoms. The Bertz CT molecular complexity index is 1030. The number of aliphatic hydroxyl groups excluding tert-OH is 1. The topological polar surface area (TPSA) is 76.0 Å². The highest BCUT2D eigenvalue weighted by Crippen LogP contribution is 2.35. The Balaban J connectivity index is 0.000000538. The Labute approximate surface area is 231 Å². The van der Waals surface area contributed by atoms with Crippen molar-refractivity contribution < 1.29 is 5.11 Å². The van der Waals surface area contributed by atoms with Crippen molar-refractivity contribution in [3.8, 4) is 0 Å². The predicted molar refractivity (Wildman–Crippen MR) is 165 cm³/mol. The molecule has 0 amide bonds. The van der Waals surface area contributed by atoms with Gasteiger partial charge in [-0.05, 0) is 111 Å². The van der Waals surface area contributed by atoms with Gasteiger partial charge in [0.05, 0.1) is 0 Å². The number of hydrogen-bond acceptors (Lipinski definition) is 6. The number of pyridine rings is 1. The van der Waals surface area contributed by atoms with E-state index in [1.165, 1.54) is 25.9 Å². The highest BCUT2D eigenvalue weighted by Gasteiger charge is 2.23. The molecular weight excluding hydrogens is 472 g/mol. The minimum atomic E-state index is -0.168. The number of allylic oxidation sites excluding steroid dienone is 2. The first-order valence-electron chi connectivity index (χ1n) is 13.8. The number of nitrogens with zero attached hydrogens (tertiary/aromatic N) is 4. The minimum absolute atomic E-state index is 0.150. The summed E-state index contributed by atoms with van der Waals surface area (Å²) in [4.78, 5) is 13.8. The fraction of sp³-hybridized carbons (Fsp3) is 0.548. The monoisotopic (exact) mass is 522 g/mol. The van der Waals surface area contributed by atoms with Crippen molar-refractivity contribution in [2.24, 2.45) is 10.9 Å². The van der Waals surface area contributed by atoms with Gasteiger partial charge in [0, 0.05) is 42.4 Å². The first-order chi connectivity index (χ1) is 17.9. The molecule has 38 heavy (non-hydrogen) atoms. The van der Waals surface area contributed by atoms with E-state index in [9.17, 15) is 5.11 Å². The van der Waals surface area contributed by atoms with Crippen LogP contribution in [0.3, 0.4) is 0 Å². The molecule has 1 aromatic rings. The van der Waals surface area contributed by atoms with Crippen molar-refractivity contribution in [3.05, 3.63) is 53.9 Å². The number of fused-ring (bicyclic) bond motifs is 1. The quantitative estimate of drug-likeness (QED) is 0.277. The van der Waals surface area contributed by atoms with Crippen LogP contribution in [0, 0.1) is 5.92 Å². The molecule has 0 atom stereocenters. The molecule has 2 aliphatic heterocycles. The highest BCUT2D eigenvalue weighted by atomic mass is 16.3. The van der Waals surface area contributed by atoms with Crippen LogP contribution in [0.4, 0.5) is 11.6 Å². The molecule has 7 nitrogen and oxygen atoms in total. The van der Waals surface area contributed by atoms with E-state index in [0.29, 0.717) is 18.8 Å². The van der Waals surface area contributed by atoms with Gasteiger partial charge in [0.1, 0.15) is 17.5 Å². The normalized spacial score (nSPS) is 16.7. The molecule has 1 aromatic heterocycles. The number of nitrogens with one attached hydrogen (secondary N) is 2. The average molecular weight is 523 g/mol. The number of hydrogen-bond donors (Lipinski definition) is 3. The Morgan fingerprint density at radius 2 is 1.95 bits per heavy atom. The van der Waals surface area contributed by atoms with E-state index in [-0.39, 0.29) is 12.1 Å². The number of aliphatic hydroxyl groups is 1. The number of rotatable bonds is 7. The molecule has 0 saturated carbocycles. The van der Waals surface area contributed by atoms with Crippen LogP contribution in [0.2, 0.25) is 0 Å². The van der Waals surface area contributed by atoms with Crippen molar-refractivity contribution in [2.45, 2.75) is 73.3 Å². The molecule has 0 aromatic carbocycles. The van der Waals surface area contributed by atoms with Crippen LogP contribution in [0.25, 0.3) is 11.8 Å². The predicted octanol–water partition coefficient (Wildman–Crippen LogP) is 6.59. The molecule has 0 aliphatic carbocycles. The smallest absolute Gasteiger partial charge is 0.138 e. The van der Waals surface area contributed by atoms with Gasteiger partial charge < -0.3 is 25.5 Å². The van der Waals surface area contributed by atoms with Crippen molar-refractivity contribution in [2.75, 3.05) is 43.9 Å². The van der Waals surface area contributed by atoms with Gasteiger partial charge in [-0.25, -0.2) is 9.98 Å². The lowest BCUT2D eigenvalue weighted by Gasteiger charge is -2.31. The molecule has 1 saturated heterocycles. The summed E-state index contributed by atoms with van der Waals surface area (Å²) in [7, 11) is 2.20. The molecule has 3 heterocycles. The van der Waals surface area contributed by atoms with Crippen molar-refractivity contribution in [1.29, 1.82) is 0 Å². The lowest BCUT2D eigenvalue weighted by molar-refractivity contribution is 0.230. The number of anilines is 2. The Morgan fingerprint density at radius 1 is 1.26 bits per heavy atom. The van der Waals surface area contributed by atoms with Gasteiger partial charge in [-0.1, -0.05) is 25.2 Å². The van der Waals surface area contributed by atoms with E-state index >= 15 is 0 Å². The second kappa shape index (κ2) is 14.9. The third-order valence-corrected chi connectivity index (χ3v) is 6.22. The van der Waals surface area contributed by atoms with Crippen LogP contribution in [0.5, 0.6) is 0 Å². The maximum absolute atomic E-state index is 9.20. The zero-order valence-corrected chi connectivity index (χ0v) is 24.9. The van der Waals surface area contributed by atoms with Crippen molar-refractivity contribution in [3.63, 3.8) is 0 Å². The van der Waals surface area contributed by atoms with Gasteiger partial charge in [-0.15, -0.1) is 0 Å². The first-order valence-corrected chi connectivity index (χ1v) is 13.8. The van der Waals surface area contributed by atoms with Crippen molar-refractivity contribution in [1.82, 2.24) is 14.8 Å². The van der Waals surface area contributed by atoms with Gasteiger partial charge in [0.2, 0.25) is 0 Å². The maximum Gasteiger partial charge on any atom is 0.138 e. The first kappa shape index (κ1) is 31.3. The third-order valence-electron chi connectivity index (χ3n) is 6.22. The molecular formula is C31H50N6O. The average Bonchev–Trinajstić information content (AvgIpc) is 2.83. The Hall–Kier alpha value is -2.90. The molecule has 3 N–H and O–H groups in total. The number of aliphatic imine (C=N–C) groups is 1. The Kier molecular flexibility index (Phi) is 12.3. The van der Waals surface area contributed by atoms with E-state index in [1.807, 2.05) is 45.2 Å². The van der Waals surface area contributed by atoms with E-state index < -0.39 is 0 Å². The van der Waals surface area contributed by atoms with Crippen LogP contribution in [-0.2, 0) is 0 Å². The summed E-state index contributed by atoms with van der Waals surface area (Å²) in [6, 6.07) is 2.01. The number of aromatic nitrogens is 1. The van der Waals surface area contributed by atoms with Gasteiger partial charge in [0.25, 0.3) is 0 Å². The standard InChI is InChI=1S/C24H35N5O.C7H15N/c1-8-11-25-20(15-17(2)3)26-21-16-19-10-13-29(12-9-14-30)18(4)22(19)23(27-21)28-24(5,6)7;1-7-3-5-8(2)6-4-7/h8,10-11,13,15-16,30H,4,9,12,14H2,1-3,5-7H3,(H2,25,26,27,28);7H,3-6H2,1-2H3/b11-8+;. The summed E-state index contributed by atoms with van der Waals surface area (Å²) in [5, 5.41) is 16.1. The number of amidine groups is 1. The molecule has 0 unspecified atom stereocenters. The van der Waals surface area contributed by atoms with Crippen LogP contribution in [0.15, 0.2) is 47.8 Å². The second-order valence-corrected chi connectivity index (χ2v) is 11.6. The van der Waals surface area contributed by atoms with Crippen molar-refractivity contribution >= 4 is 29.2 Å². The van der Waals surface area contributed by atoms with Crippen LogP contribution < -0.4 is 10.6 Å². The van der Waals surface area contributed by atoms with Gasteiger partial charge >= 0.3 is 0 Å². The fourth-order valence-electron chi connectivity index (χ4n) is 4.17. The Morgan fingerprint density at radius 3 is 2.50 bits per heavy atom. The molecule has 2 aliphatic rings. The minimum Gasteiger partial charge on any atom is -0.396 e. The SMILES string of the molecule is C=C1c2c(cc(NC(C=C(C)C)=N/C=C/C)nc2NC(C)(C)C)C=CN1CCCO.CC1CCN(C)CC1. The molecule has 0 spiro atoms. The lowest BCUT2D eigenvalue weighted by atomic mass is 10.00. The molecule has 0 radical (unpaired) electrons. The summed E-state index contributed by atoms with van der Waals surface area (Å²) in [6.07, 6.45) is 13.2.